The first kappa shape index (κ1) is 24.7. The number of carbonyl (C=O) groups is 3. The molecule has 2 heterocycles. The summed E-state index contributed by atoms with van der Waals surface area (Å²) in [5.74, 6) is -1.00. The van der Waals surface area contributed by atoms with Crippen LogP contribution in [0.15, 0.2) is 47.2 Å². The van der Waals surface area contributed by atoms with Crippen LogP contribution < -0.4 is 10.2 Å². The van der Waals surface area contributed by atoms with Crippen molar-refractivity contribution in [3.63, 3.8) is 0 Å². The number of rotatable bonds is 7. The predicted molar refractivity (Wildman–Crippen MR) is 135 cm³/mol. The summed E-state index contributed by atoms with van der Waals surface area (Å²) in [6, 6.07) is 8.68. The van der Waals surface area contributed by atoms with E-state index in [1.54, 1.807) is 35.2 Å². The van der Waals surface area contributed by atoms with Gasteiger partial charge in [-0.15, -0.1) is 11.3 Å². The van der Waals surface area contributed by atoms with Crippen LogP contribution in [0.25, 0.3) is 10.4 Å². The number of hydrogen-bond donors (Lipinski definition) is 2. The maximum Gasteiger partial charge on any atom is 0.348 e. The number of thiophene rings is 1. The molecule has 0 atom stereocenters. The van der Waals surface area contributed by atoms with Gasteiger partial charge >= 0.3 is 11.9 Å². The van der Waals surface area contributed by atoms with E-state index in [9.17, 15) is 19.5 Å². The minimum absolute atomic E-state index is 0.00310. The summed E-state index contributed by atoms with van der Waals surface area (Å²) in [4.78, 5) is 44.1. The minimum Gasteiger partial charge on any atom is -0.477 e. The molecule has 2 amide bonds. The van der Waals surface area contributed by atoms with Gasteiger partial charge in [-0.1, -0.05) is 19.1 Å². The molecule has 0 bridgehead atoms. The van der Waals surface area contributed by atoms with E-state index >= 15 is 0 Å². The van der Waals surface area contributed by atoms with Crippen LogP contribution in [-0.4, -0.2) is 33.9 Å². The zero-order chi connectivity index (χ0) is 25.1. The van der Waals surface area contributed by atoms with Gasteiger partial charge in [0.15, 0.2) is 0 Å². The quantitative estimate of drug-likeness (QED) is 0.421. The number of nitrogens with one attached hydrogen (secondary N) is 1. The van der Waals surface area contributed by atoms with Crippen molar-refractivity contribution in [1.29, 1.82) is 0 Å². The second-order valence-electron chi connectivity index (χ2n) is 9.26. The summed E-state index contributed by atoms with van der Waals surface area (Å²) < 4.78 is 5.00. The van der Waals surface area contributed by atoms with Gasteiger partial charge in [-0.2, -0.15) is 0 Å². The summed E-state index contributed by atoms with van der Waals surface area (Å²) in [6.07, 6.45) is 6.43. The average Bonchev–Trinajstić information content (AvgIpc) is 3.51. The highest BCUT2D eigenvalue weighted by atomic mass is 32.1. The molecule has 0 saturated heterocycles. The highest BCUT2D eigenvalue weighted by molar-refractivity contribution is 7.18. The molecule has 0 unspecified atom stereocenters. The van der Waals surface area contributed by atoms with Gasteiger partial charge in [0.1, 0.15) is 11.1 Å². The maximum atomic E-state index is 13.5. The van der Waals surface area contributed by atoms with Gasteiger partial charge in [-0.05, 0) is 69.2 Å². The monoisotopic (exact) mass is 495 g/mol. The fourth-order valence-electron chi connectivity index (χ4n) is 4.45. The standard InChI is InChI=1S/C26H29N3O5S/c1-15(2)29(25(31)18-6-4-16(3)5-7-18)20-14-21(35-22(20)26(32)33)17-8-10-19(11-9-17)28-23(30)24-27-12-13-34-24/h8-16,18H,4-7H2,1-3H3,(H,28,30)(H,32,33). The highest BCUT2D eigenvalue weighted by Gasteiger charge is 2.33. The molecule has 1 aliphatic carbocycles. The van der Waals surface area contributed by atoms with Crippen LogP contribution in [0, 0.1) is 11.8 Å². The molecule has 0 aliphatic heterocycles. The van der Waals surface area contributed by atoms with E-state index in [1.165, 1.54) is 12.5 Å². The van der Waals surface area contributed by atoms with Crippen LogP contribution in [0.2, 0.25) is 0 Å². The Bertz CT molecular complexity index is 1190. The van der Waals surface area contributed by atoms with E-state index in [2.05, 4.69) is 17.2 Å². The molecule has 1 aliphatic rings. The number of carboxylic acids is 1. The first-order valence-corrected chi connectivity index (χ1v) is 12.6. The summed E-state index contributed by atoms with van der Waals surface area (Å²) in [5, 5.41) is 12.6. The normalized spacial score (nSPS) is 17.8. The molecule has 35 heavy (non-hydrogen) atoms. The molecule has 2 aromatic heterocycles. The Morgan fingerprint density at radius 1 is 1.14 bits per heavy atom. The molecule has 3 aromatic rings. The Kier molecular flexibility index (Phi) is 7.35. The molecule has 4 rings (SSSR count). The van der Waals surface area contributed by atoms with Crippen molar-refractivity contribution in [2.45, 2.75) is 52.5 Å². The smallest absolute Gasteiger partial charge is 0.348 e. The number of carboxylic acid groups (broad SMARTS) is 1. The highest BCUT2D eigenvalue weighted by Crippen LogP contribution is 2.40. The Hall–Kier alpha value is -3.46. The van der Waals surface area contributed by atoms with Crippen molar-refractivity contribution in [3.05, 3.63) is 53.6 Å². The van der Waals surface area contributed by atoms with Gasteiger partial charge in [-0.3, -0.25) is 9.59 Å². The first-order valence-electron chi connectivity index (χ1n) is 11.8. The molecular formula is C26H29N3O5S. The van der Waals surface area contributed by atoms with Gasteiger partial charge in [0, 0.05) is 22.5 Å². The molecule has 1 saturated carbocycles. The number of nitrogens with zero attached hydrogens (tertiary/aromatic N) is 2. The average molecular weight is 496 g/mol. The summed E-state index contributed by atoms with van der Waals surface area (Å²) in [6.45, 7) is 6.04. The zero-order valence-electron chi connectivity index (χ0n) is 20.0. The van der Waals surface area contributed by atoms with Gasteiger partial charge in [0.2, 0.25) is 5.91 Å². The van der Waals surface area contributed by atoms with E-state index in [0.717, 1.165) is 47.5 Å². The number of amides is 2. The summed E-state index contributed by atoms with van der Waals surface area (Å²) in [7, 11) is 0. The van der Waals surface area contributed by atoms with Gasteiger partial charge < -0.3 is 19.7 Å². The SMILES string of the molecule is CC1CCC(C(=O)N(c2cc(-c3ccc(NC(=O)c4ncco4)cc3)sc2C(=O)O)C(C)C)CC1. The van der Waals surface area contributed by atoms with E-state index in [0.29, 0.717) is 17.3 Å². The van der Waals surface area contributed by atoms with Gasteiger partial charge in [0.25, 0.3) is 5.89 Å². The molecule has 184 valence electrons. The minimum atomic E-state index is -1.05. The Morgan fingerprint density at radius 2 is 1.83 bits per heavy atom. The fraction of sp³-hybridized carbons (Fsp3) is 0.385. The largest absolute Gasteiger partial charge is 0.477 e. The summed E-state index contributed by atoms with van der Waals surface area (Å²) >= 11 is 1.14. The molecule has 1 aromatic carbocycles. The van der Waals surface area contributed by atoms with Crippen molar-refractivity contribution in [3.8, 4) is 10.4 Å². The topological polar surface area (TPSA) is 113 Å². The van der Waals surface area contributed by atoms with Crippen LogP contribution in [0.1, 0.15) is 66.8 Å². The van der Waals surface area contributed by atoms with Crippen LogP contribution in [-0.2, 0) is 4.79 Å². The number of aromatic carboxylic acids is 1. The molecular weight excluding hydrogens is 466 g/mol. The van der Waals surface area contributed by atoms with E-state index < -0.39 is 11.9 Å². The Morgan fingerprint density at radius 3 is 2.40 bits per heavy atom. The van der Waals surface area contributed by atoms with Crippen molar-refractivity contribution in [2.24, 2.45) is 11.8 Å². The van der Waals surface area contributed by atoms with Gasteiger partial charge in [0.05, 0.1) is 11.9 Å². The molecule has 2 N–H and O–H groups in total. The predicted octanol–water partition coefficient (Wildman–Crippen LogP) is 5.92. The number of anilines is 2. The van der Waals surface area contributed by atoms with Gasteiger partial charge in [-0.25, -0.2) is 9.78 Å². The lowest BCUT2D eigenvalue weighted by Gasteiger charge is -2.33. The van der Waals surface area contributed by atoms with Crippen LogP contribution in [0.4, 0.5) is 11.4 Å². The second-order valence-corrected chi connectivity index (χ2v) is 10.3. The Labute approximate surface area is 208 Å². The third-order valence-corrected chi connectivity index (χ3v) is 7.50. The van der Waals surface area contributed by atoms with Crippen molar-refractivity contribution >= 4 is 40.5 Å². The van der Waals surface area contributed by atoms with E-state index in [-0.39, 0.29) is 28.6 Å². The number of hydrogen-bond acceptors (Lipinski definition) is 6. The first-order chi connectivity index (χ1) is 16.7. The van der Waals surface area contributed by atoms with Crippen molar-refractivity contribution in [1.82, 2.24) is 4.98 Å². The molecule has 0 radical (unpaired) electrons. The Balaban J connectivity index is 1.59. The summed E-state index contributed by atoms with van der Waals surface area (Å²) in [5.41, 5.74) is 1.79. The lowest BCUT2D eigenvalue weighted by atomic mass is 9.82. The molecule has 1 fully saturated rings. The lowest BCUT2D eigenvalue weighted by molar-refractivity contribution is -0.123. The third-order valence-electron chi connectivity index (χ3n) is 6.34. The molecule has 9 heteroatoms. The maximum absolute atomic E-state index is 13.5. The molecule has 0 spiro atoms. The number of oxazole rings is 1. The number of aromatic nitrogens is 1. The fourth-order valence-corrected chi connectivity index (χ4v) is 5.44. The van der Waals surface area contributed by atoms with Crippen LogP contribution in [0.3, 0.4) is 0 Å². The van der Waals surface area contributed by atoms with E-state index in [4.69, 9.17) is 4.42 Å². The van der Waals surface area contributed by atoms with E-state index in [1.807, 2.05) is 13.8 Å². The van der Waals surface area contributed by atoms with Crippen molar-refractivity contribution in [2.75, 3.05) is 10.2 Å². The lowest BCUT2D eigenvalue weighted by Crippen LogP contribution is -2.42. The number of carbonyl (C=O) groups excluding carboxylic acids is 2. The number of benzene rings is 1. The van der Waals surface area contributed by atoms with Crippen LogP contribution >= 0.6 is 11.3 Å². The zero-order valence-corrected chi connectivity index (χ0v) is 20.8. The third kappa shape index (κ3) is 5.45. The van der Waals surface area contributed by atoms with Crippen molar-refractivity contribution < 1.29 is 23.9 Å². The second kappa shape index (κ2) is 10.4. The van der Waals surface area contributed by atoms with Crippen LogP contribution in [0.5, 0.6) is 0 Å². The molecule has 8 nitrogen and oxygen atoms in total.